The topological polar surface area (TPSA) is 85.9 Å². The van der Waals surface area contributed by atoms with Crippen molar-refractivity contribution in [1.82, 2.24) is 14.7 Å². The van der Waals surface area contributed by atoms with E-state index in [1.165, 1.54) is 13.2 Å². The third kappa shape index (κ3) is 3.90. The third-order valence-corrected chi connectivity index (χ3v) is 6.93. The number of nitrogens with zero attached hydrogens (tertiary/aromatic N) is 4. The largest absolute Gasteiger partial charge is 0.453 e. The minimum absolute atomic E-state index is 0.122. The molecule has 0 unspecified atom stereocenters. The molecule has 3 aliphatic heterocycles. The first-order chi connectivity index (χ1) is 16.0. The fourth-order valence-electron chi connectivity index (χ4n) is 5.24. The number of aryl methyl sites for hydroxylation is 1. The maximum atomic E-state index is 13.6. The molecular weight excluding hydrogens is 432 g/mol. The number of methoxy groups -OCH3 is 1. The van der Waals surface area contributed by atoms with Crippen LogP contribution in [0, 0.1) is 0 Å². The molecule has 33 heavy (non-hydrogen) atoms. The summed E-state index contributed by atoms with van der Waals surface area (Å²) in [6.07, 6.45) is 1.02. The van der Waals surface area contributed by atoms with Crippen molar-refractivity contribution in [3.05, 3.63) is 34.5 Å². The number of nitrogen functional groups attached to an aromatic ring is 1. The van der Waals surface area contributed by atoms with Gasteiger partial charge in [0.2, 0.25) is 0 Å². The van der Waals surface area contributed by atoms with E-state index in [9.17, 15) is 13.6 Å². The second kappa shape index (κ2) is 8.81. The molecule has 10 heteroatoms. The van der Waals surface area contributed by atoms with Crippen LogP contribution < -0.4 is 10.6 Å². The van der Waals surface area contributed by atoms with Gasteiger partial charge in [-0.3, -0.25) is 4.68 Å². The summed E-state index contributed by atoms with van der Waals surface area (Å²) in [7, 11) is 1.38. The van der Waals surface area contributed by atoms with E-state index in [0.29, 0.717) is 39.3 Å². The highest BCUT2D eigenvalue weighted by atomic mass is 19.3. The summed E-state index contributed by atoms with van der Waals surface area (Å²) in [6.45, 7) is 2.97. The molecule has 0 bridgehead atoms. The number of aromatic nitrogens is 2. The number of fused-ring (bicyclic) bond motifs is 2. The van der Waals surface area contributed by atoms with E-state index in [0.717, 1.165) is 54.0 Å². The lowest BCUT2D eigenvalue weighted by molar-refractivity contribution is 0.0649. The first-order valence-corrected chi connectivity index (χ1v) is 11.5. The monoisotopic (exact) mass is 461 g/mol. The van der Waals surface area contributed by atoms with Crippen LogP contribution in [-0.2, 0) is 28.9 Å². The molecule has 5 rings (SSSR count). The van der Waals surface area contributed by atoms with Crippen LogP contribution in [0.4, 0.5) is 30.8 Å². The molecule has 4 heterocycles. The number of carbonyl (C=O) groups excluding carboxylic acids is 1. The average Bonchev–Trinajstić information content (AvgIpc) is 3.21. The van der Waals surface area contributed by atoms with Gasteiger partial charge in [0, 0.05) is 60.9 Å². The summed E-state index contributed by atoms with van der Waals surface area (Å²) in [5.41, 5.74) is 9.62. The Kier molecular flexibility index (Phi) is 5.86. The SMILES string of the molecule is COC(=O)N1CCc2c(c(N3CCCc4cc(N)c(C(F)F)cc43)nn2C2CCOCC2)C1. The Labute approximate surface area is 191 Å². The van der Waals surface area contributed by atoms with E-state index in [2.05, 4.69) is 4.68 Å². The van der Waals surface area contributed by atoms with E-state index >= 15 is 0 Å². The van der Waals surface area contributed by atoms with E-state index in [-0.39, 0.29) is 23.4 Å². The van der Waals surface area contributed by atoms with Gasteiger partial charge in [-0.15, -0.1) is 0 Å². The van der Waals surface area contributed by atoms with Gasteiger partial charge in [0.05, 0.1) is 19.7 Å². The van der Waals surface area contributed by atoms with Crippen molar-refractivity contribution in [3.63, 3.8) is 0 Å². The van der Waals surface area contributed by atoms with Crippen LogP contribution in [0.2, 0.25) is 0 Å². The summed E-state index contributed by atoms with van der Waals surface area (Å²) in [5.74, 6) is 0.732. The summed E-state index contributed by atoms with van der Waals surface area (Å²) >= 11 is 0. The number of ether oxygens (including phenoxy) is 2. The number of carbonyl (C=O) groups is 1. The number of amides is 1. The molecule has 0 radical (unpaired) electrons. The number of hydrogen-bond acceptors (Lipinski definition) is 6. The van der Waals surface area contributed by atoms with Crippen molar-refractivity contribution in [3.8, 4) is 0 Å². The number of benzene rings is 1. The quantitative estimate of drug-likeness (QED) is 0.697. The van der Waals surface area contributed by atoms with Crippen molar-refractivity contribution in [2.45, 2.75) is 51.1 Å². The Morgan fingerprint density at radius 1 is 1.24 bits per heavy atom. The van der Waals surface area contributed by atoms with Crippen molar-refractivity contribution >= 4 is 23.3 Å². The Balaban J connectivity index is 1.61. The first-order valence-electron chi connectivity index (χ1n) is 11.5. The van der Waals surface area contributed by atoms with E-state index in [4.69, 9.17) is 20.3 Å². The van der Waals surface area contributed by atoms with Crippen molar-refractivity contribution < 1.29 is 23.0 Å². The fraction of sp³-hybridized carbons (Fsp3) is 0.565. The molecule has 178 valence electrons. The van der Waals surface area contributed by atoms with Gasteiger partial charge in [-0.2, -0.15) is 5.10 Å². The predicted octanol–water partition coefficient (Wildman–Crippen LogP) is 3.96. The lowest BCUT2D eigenvalue weighted by Gasteiger charge is -2.33. The fourth-order valence-corrected chi connectivity index (χ4v) is 5.24. The molecule has 0 saturated carbocycles. The van der Waals surface area contributed by atoms with Gasteiger partial charge < -0.3 is 25.0 Å². The molecule has 3 aliphatic rings. The molecule has 1 saturated heterocycles. The smallest absolute Gasteiger partial charge is 0.409 e. The van der Waals surface area contributed by atoms with Crippen LogP contribution in [0.25, 0.3) is 0 Å². The highest BCUT2D eigenvalue weighted by Gasteiger charge is 2.34. The molecule has 0 atom stereocenters. The zero-order valence-electron chi connectivity index (χ0n) is 18.7. The van der Waals surface area contributed by atoms with Gasteiger partial charge in [-0.1, -0.05) is 0 Å². The molecule has 0 aliphatic carbocycles. The Bertz CT molecular complexity index is 1050. The first kappa shape index (κ1) is 21.9. The number of anilines is 3. The molecule has 1 amide bonds. The van der Waals surface area contributed by atoms with E-state index < -0.39 is 6.43 Å². The molecule has 0 spiro atoms. The number of nitrogens with two attached hydrogens (primary N) is 1. The van der Waals surface area contributed by atoms with Crippen molar-refractivity contribution in [1.29, 1.82) is 0 Å². The minimum atomic E-state index is -2.65. The zero-order chi connectivity index (χ0) is 23.1. The summed E-state index contributed by atoms with van der Waals surface area (Å²) < 4.78 is 39.9. The average molecular weight is 462 g/mol. The number of rotatable bonds is 3. The number of hydrogen-bond donors (Lipinski definition) is 1. The normalized spacial score (nSPS) is 18.9. The van der Waals surface area contributed by atoms with Crippen LogP contribution >= 0.6 is 0 Å². The second-order valence-corrected chi connectivity index (χ2v) is 8.84. The van der Waals surface area contributed by atoms with Gasteiger partial charge in [0.25, 0.3) is 6.43 Å². The van der Waals surface area contributed by atoms with Gasteiger partial charge in [-0.05, 0) is 43.4 Å². The Hall–Kier alpha value is -2.88. The second-order valence-electron chi connectivity index (χ2n) is 8.84. The Morgan fingerprint density at radius 2 is 2.03 bits per heavy atom. The van der Waals surface area contributed by atoms with Crippen molar-refractivity contribution in [2.75, 3.05) is 44.0 Å². The van der Waals surface area contributed by atoms with E-state index in [1.54, 1.807) is 11.0 Å². The summed E-state index contributed by atoms with van der Waals surface area (Å²) in [4.78, 5) is 16.0. The predicted molar refractivity (Wildman–Crippen MR) is 119 cm³/mol. The lowest BCUT2D eigenvalue weighted by atomic mass is 9.97. The Morgan fingerprint density at radius 3 is 2.76 bits per heavy atom. The third-order valence-electron chi connectivity index (χ3n) is 6.93. The van der Waals surface area contributed by atoms with Crippen LogP contribution in [0.15, 0.2) is 12.1 Å². The maximum absolute atomic E-state index is 13.6. The van der Waals surface area contributed by atoms with Crippen LogP contribution in [-0.4, -0.2) is 54.2 Å². The molecule has 2 aromatic rings. The maximum Gasteiger partial charge on any atom is 0.409 e. The van der Waals surface area contributed by atoms with Gasteiger partial charge in [0.15, 0.2) is 5.82 Å². The molecule has 1 aromatic carbocycles. The van der Waals surface area contributed by atoms with Crippen LogP contribution in [0.5, 0.6) is 0 Å². The highest BCUT2D eigenvalue weighted by molar-refractivity contribution is 5.74. The number of alkyl halides is 2. The summed E-state index contributed by atoms with van der Waals surface area (Å²) in [6, 6.07) is 3.40. The van der Waals surface area contributed by atoms with Crippen LogP contribution in [0.3, 0.4) is 0 Å². The van der Waals surface area contributed by atoms with Gasteiger partial charge in [-0.25, -0.2) is 13.6 Å². The van der Waals surface area contributed by atoms with Gasteiger partial charge in [0.1, 0.15) is 0 Å². The molecule has 1 fully saturated rings. The van der Waals surface area contributed by atoms with Gasteiger partial charge >= 0.3 is 6.09 Å². The summed E-state index contributed by atoms with van der Waals surface area (Å²) in [5, 5.41) is 5.04. The molecule has 2 N–H and O–H groups in total. The molecule has 1 aromatic heterocycles. The lowest BCUT2D eigenvalue weighted by Crippen LogP contribution is -2.37. The minimum Gasteiger partial charge on any atom is -0.453 e. The number of halogens is 2. The van der Waals surface area contributed by atoms with E-state index in [1.807, 2.05) is 4.90 Å². The van der Waals surface area contributed by atoms with Crippen LogP contribution in [0.1, 0.15) is 54.1 Å². The molecule has 8 nitrogen and oxygen atoms in total. The highest BCUT2D eigenvalue weighted by Crippen LogP contribution is 2.42. The van der Waals surface area contributed by atoms with Crippen molar-refractivity contribution in [2.24, 2.45) is 0 Å². The standard InChI is InChI=1S/C23H29F2N5O3/c1-32-23(31)28-8-4-19-17(13-28)22(27-30(19)15-5-9-33-10-6-15)29-7-2-3-14-11-18(26)16(21(24)25)12-20(14)29/h11-12,15,21H,2-10,13,26H2,1H3. The molecular formula is C23H29F2N5O3. The zero-order valence-corrected chi connectivity index (χ0v) is 18.7.